The number of ether oxygens (including phenoxy) is 1. The molecule has 0 atom stereocenters. The van der Waals surface area contributed by atoms with Crippen LogP contribution in [0.5, 0.6) is 5.75 Å². The third-order valence-corrected chi connectivity index (χ3v) is 6.94. The molecule has 0 amide bonds. The largest absolute Gasteiger partial charge is 0.487 e. The van der Waals surface area contributed by atoms with Crippen molar-refractivity contribution in [3.8, 4) is 5.75 Å². The molecule has 0 aliphatic heterocycles. The normalized spacial score (nSPS) is 11.5. The first kappa shape index (κ1) is 25.7. The SMILES string of the molecule is CCCCc1nc2ccc(Br)cc2c(=O)n1N=Cc1cc(Br)c(OCc2ccc(F)cc2)c(Br)c1. The highest BCUT2D eigenvalue weighted by Crippen LogP contribution is 2.35. The molecule has 35 heavy (non-hydrogen) atoms. The Bertz CT molecular complexity index is 1430. The molecular weight excluding hydrogens is 645 g/mol. The van der Waals surface area contributed by atoms with Crippen molar-refractivity contribution in [1.29, 1.82) is 0 Å². The Morgan fingerprint density at radius 1 is 1.06 bits per heavy atom. The molecule has 0 radical (unpaired) electrons. The van der Waals surface area contributed by atoms with E-state index in [9.17, 15) is 9.18 Å². The van der Waals surface area contributed by atoms with Gasteiger partial charge in [0.25, 0.3) is 5.56 Å². The van der Waals surface area contributed by atoms with Gasteiger partial charge in [-0.2, -0.15) is 9.78 Å². The summed E-state index contributed by atoms with van der Waals surface area (Å²) in [5.41, 5.74) is 2.06. The van der Waals surface area contributed by atoms with E-state index in [0.717, 1.165) is 37.4 Å². The summed E-state index contributed by atoms with van der Waals surface area (Å²) in [6, 6.07) is 15.4. The maximum absolute atomic E-state index is 13.2. The first-order valence-corrected chi connectivity index (χ1v) is 13.4. The molecular formula is C26H21Br3FN3O2. The van der Waals surface area contributed by atoms with Crippen molar-refractivity contribution in [2.75, 3.05) is 0 Å². The van der Waals surface area contributed by atoms with E-state index in [1.807, 2.05) is 24.3 Å². The lowest BCUT2D eigenvalue weighted by atomic mass is 10.2. The summed E-state index contributed by atoms with van der Waals surface area (Å²) in [5.74, 6) is 0.954. The van der Waals surface area contributed by atoms with Crippen LogP contribution >= 0.6 is 47.8 Å². The molecule has 4 aromatic rings. The minimum atomic E-state index is -0.286. The van der Waals surface area contributed by atoms with Crippen molar-refractivity contribution in [2.45, 2.75) is 32.8 Å². The van der Waals surface area contributed by atoms with Crippen molar-refractivity contribution in [1.82, 2.24) is 9.66 Å². The molecule has 5 nitrogen and oxygen atoms in total. The number of aryl methyl sites for hydroxylation is 1. The van der Waals surface area contributed by atoms with Crippen LogP contribution < -0.4 is 10.3 Å². The third kappa shape index (κ3) is 6.26. The van der Waals surface area contributed by atoms with E-state index in [2.05, 4.69) is 59.8 Å². The predicted octanol–water partition coefficient (Wildman–Crippen LogP) is 7.63. The summed E-state index contributed by atoms with van der Waals surface area (Å²) < 4.78 is 22.7. The average molecular weight is 666 g/mol. The number of unbranched alkanes of at least 4 members (excludes halogenated alkanes) is 1. The van der Waals surface area contributed by atoms with Crippen LogP contribution in [0.4, 0.5) is 4.39 Å². The monoisotopic (exact) mass is 663 g/mol. The molecule has 0 spiro atoms. The number of nitrogens with zero attached hydrogens (tertiary/aromatic N) is 3. The fraction of sp³-hybridized carbons (Fsp3) is 0.192. The van der Waals surface area contributed by atoms with Crippen molar-refractivity contribution in [2.24, 2.45) is 5.10 Å². The number of benzene rings is 3. The van der Waals surface area contributed by atoms with Crippen LogP contribution in [0.25, 0.3) is 10.9 Å². The van der Waals surface area contributed by atoms with Gasteiger partial charge in [0, 0.05) is 10.9 Å². The van der Waals surface area contributed by atoms with Crippen LogP contribution in [0.1, 0.15) is 36.7 Å². The van der Waals surface area contributed by atoms with Gasteiger partial charge in [-0.25, -0.2) is 9.37 Å². The van der Waals surface area contributed by atoms with E-state index in [-0.39, 0.29) is 11.4 Å². The number of hydrogen-bond acceptors (Lipinski definition) is 4. The summed E-state index contributed by atoms with van der Waals surface area (Å²) >= 11 is 10.5. The molecule has 1 aromatic heterocycles. The summed E-state index contributed by atoms with van der Waals surface area (Å²) in [4.78, 5) is 17.9. The number of rotatable bonds is 8. The third-order valence-electron chi connectivity index (χ3n) is 5.27. The predicted molar refractivity (Wildman–Crippen MR) is 148 cm³/mol. The molecule has 180 valence electrons. The Morgan fingerprint density at radius 2 is 1.77 bits per heavy atom. The topological polar surface area (TPSA) is 56.5 Å². The van der Waals surface area contributed by atoms with Crippen LogP contribution in [0, 0.1) is 5.82 Å². The first-order chi connectivity index (χ1) is 16.9. The molecule has 0 fully saturated rings. The molecule has 0 saturated heterocycles. The Balaban J connectivity index is 1.63. The lowest BCUT2D eigenvalue weighted by Crippen LogP contribution is -2.22. The first-order valence-electron chi connectivity index (χ1n) is 11.0. The van der Waals surface area contributed by atoms with Gasteiger partial charge in [0.1, 0.15) is 24.0 Å². The summed E-state index contributed by atoms with van der Waals surface area (Å²) in [7, 11) is 0. The van der Waals surface area contributed by atoms with Crippen molar-refractivity contribution in [3.05, 3.63) is 101 Å². The number of aromatic nitrogens is 2. The molecule has 0 aliphatic rings. The zero-order chi connectivity index (χ0) is 24.9. The Hall–Kier alpha value is -2.36. The molecule has 0 saturated carbocycles. The smallest absolute Gasteiger partial charge is 0.282 e. The number of hydrogen-bond donors (Lipinski definition) is 0. The fourth-order valence-corrected chi connectivity index (χ4v) is 5.27. The van der Waals surface area contributed by atoms with Gasteiger partial charge in [-0.3, -0.25) is 4.79 Å². The van der Waals surface area contributed by atoms with E-state index in [4.69, 9.17) is 9.72 Å². The molecule has 4 rings (SSSR count). The van der Waals surface area contributed by atoms with E-state index in [1.165, 1.54) is 16.8 Å². The summed E-state index contributed by atoms with van der Waals surface area (Å²) in [6.45, 7) is 2.39. The maximum Gasteiger partial charge on any atom is 0.282 e. The van der Waals surface area contributed by atoms with Gasteiger partial charge in [0.05, 0.1) is 26.1 Å². The van der Waals surface area contributed by atoms with E-state index >= 15 is 0 Å². The van der Waals surface area contributed by atoms with Crippen LogP contribution in [0.3, 0.4) is 0 Å². The highest BCUT2D eigenvalue weighted by molar-refractivity contribution is 9.11. The summed E-state index contributed by atoms with van der Waals surface area (Å²) in [5, 5.41) is 5.01. The standard InChI is InChI=1S/C26H21Br3FN3O2/c1-2-3-4-24-32-23-10-7-18(27)13-20(23)26(34)33(24)31-14-17-11-21(28)25(22(29)12-17)35-15-16-5-8-19(30)9-6-16/h5-14H,2-4,15H2,1H3. The maximum atomic E-state index is 13.2. The molecule has 9 heteroatoms. The summed E-state index contributed by atoms with van der Waals surface area (Å²) in [6.07, 6.45) is 4.17. The molecule has 1 heterocycles. The zero-order valence-corrected chi connectivity index (χ0v) is 23.5. The van der Waals surface area contributed by atoms with Crippen LogP contribution in [0.2, 0.25) is 0 Å². The van der Waals surface area contributed by atoms with Crippen LogP contribution in [0.15, 0.2) is 77.9 Å². The Morgan fingerprint density at radius 3 is 2.46 bits per heavy atom. The van der Waals surface area contributed by atoms with Crippen LogP contribution in [-0.4, -0.2) is 15.9 Å². The molecule has 0 N–H and O–H groups in total. The van der Waals surface area contributed by atoms with Gasteiger partial charge in [0.15, 0.2) is 0 Å². The number of fused-ring (bicyclic) bond motifs is 1. The van der Waals surface area contributed by atoms with Gasteiger partial charge in [-0.05, 0) is 91.9 Å². The highest BCUT2D eigenvalue weighted by atomic mass is 79.9. The van der Waals surface area contributed by atoms with Crippen molar-refractivity contribution < 1.29 is 9.13 Å². The van der Waals surface area contributed by atoms with E-state index < -0.39 is 0 Å². The van der Waals surface area contributed by atoms with Crippen LogP contribution in [-0.2, 0) is 13.0 Å². The molecule has 0 bridgehead atoms. The van der Waals surface area contributed by atoms with Gasteiger partial charge in [0.2, 0.25) is 0 Å². The minimum Gasteiger partial charge on any atom is -0.487 e. The lowest BCUT2D eigenvalue weighted by molar-refractivity contribution is 0.302. The lowest BCUT2D eigenvalue weighted by Gasteiger charge is -2.12. The molecule has 0 aliphatic carbocycles. The Kier molecular flexibility index (Phi) is 8.51. The fourth-order valence-electron chi connectivity index (χ4n) is 3.46. The molecule has 3 aromatic carbocycles. The average Bonchev–Trinajstić information content (AvgIpc) is 2.83. The molecule has 0 unspecified atom stereocenters. The van der Waals surface area contributed by atoms with Gasteiger partial charge in [-0.15, -0.1) is 0 Å². The highest BCUT2D eigenvalue weighted by Gasteiger charge is 2.12. The quantitative estimate of drug-likeness (QED) is 0.182. The second kappa shape index (κ2) is 11.6. The zero-order valence-electron chi connectivity index (χ0n) is 18.8. The van der Waals surface area contributed by atoms with Crippen molar-refractivity contribution >= 4 is 64.9 Å². The van der Waals surface area contributed by atoms with Gasteiger partial charge >= 0.3 is 0 Å². The van der Waals surface area contributed by atoms with Gasteiger partial charge in [-0.1, -0.05) is 41.4 Å². The van der Waals surface area contributed by atoms with E-state index in [0.29, 0.717) is 35.5 Å². The Labute approximate surface area is 227 Å². The minimum absolute atomic E-state index is 0.212. The van der Waals surface area contributed by atoms with E-state index in [1.54, 1.807) is 24.4 Å². The number of halogens is 4. The second-order valence-electron chi connectivity index (χ2n) is 7.88. The second-order valence-corrected chi connectivity index (χ2v) is 10.5. The van der Waals surface area contributed by atoms with Gasteiger partial charge < -0.3 is 4.74 Å². The van der Waals surface area contributed by atoms with Crippen molar-refractivity contribution in [3.63, 3.8) is 0 Å².